The second-order valence-electron chi connectivity index (χ2n) is 8.09. The lowest BCUT2D eigenvalue weighted by Crippen LogP contribution is -2.28. The van der Waals surface area contributed by atoms with Gasteiger partial charge in [0.05, 0.1) is 55.9 Å². The standard InChI is InChI=1S/C25H26N6O5S/c1-15(32)22-17(9-10-21(35-3)23(22)36-4)11-27-31-16(2)28-29-25(31)37-13-18(33)12-30-14-26-20-8-6-5-7-19(20)24(30)34/h5-11,14,18,33H,12-13H2,1-4H3/b27-11-. The molecule has 2 heterocycles. The van der Waals surface area contributed by atoms with E-state index < -0.39 is 6.10 Å². The van der Waals surface area contributed by atoms with Crippen LogP contribution in [0.2, 0.25) is 0 Å². The van der Waals surface area contributed by atoms with Crippen molar-refractivity contribution in [2.45, 2.75) is 31.7 Å². The number of aryl methyl sites for hydroxylation is 1. The summed E-state index contributed by atoms with van der Waals surface area (Å²) in [5, 5.41) is 24.2. The molecule has 0 fully saturated rings. The van der Waals surface area contributed by atoms with E-state index in [9.17, 15) is 14.7 Å². The van der Waals surface area contributed by atoms with Crippen LogP contribution in [-0.4, -0.2) is 67.6 Å². The zero-order valence-corrected chi connectivity index (χ0v) is 21.6. The number of rotatable bonds is 10. The molecule has 4 aromatic rings. The minimum absolute atomic E-state index is 0.0771. The minimum Gasteiger partial charge on any atom is -0.493 e. The highest BCUT2D eigenvalue weighted by atomic mass is 32.2. The van der Waals surface area contributed by atoms with Gasteiger partial charge in [-0.15, -0.1) is 10.2 Å². The SMILES string of the molecule is COc1ccc(/C=N\n2c(C)nnc2SCC(O)Cn2cnc3ccccc3c2=O)c(C(C)=O)c1OC. The van der Waals surface area contributed by atoms with Crippen LogP contribution in [0.15, 0.2) is 57.8 Å². The van der Waals surface area contributed by atoms with Crippen LogP contribution in [0.5, 0.6) is 11.5 Å². The zero-order chi connectivity index (χ0) is 26.5. The van der Waals surface area contributed by atoms with Crippen LogP contribution >= 0.6 is 11.8 Å². The Hall–Kier alpha value is -4.03. The van der Waals surface area contributed by atoms with E-state index in [-0.39, 0.29) is 23.6 Å². The summed E-state index contributed by atoms with van der Waals surface area (Å²) < 4.78 is 13.6. The number of para-hydroxylation sites is 1. The van der Waals surface area contributed by atoms with Crippen molar-refractivity contribution in [1.82, 2.24) is 24.4 Å². The maximum absolute atomic E-state index is 12.7. The van der Waals surface area contributed by atoms with Crippen molar-refractivity contribution in [2.75, 3.05) is 20.0 Å². The minimum atomic E-state index is -0.852. The number of aromatic nitrogens is 5. The summed E-state index contributed by atoms with van der Waals surface area (Å²) in [7, 11) is 2.97. The predicted molar refractivity (Wildman–Crippen MR) is 140 cm³/mol. The van der Waals surface area contributed by atoms with Crippen LogP contribution in [-0.2, 0) is 6.54 Å². The normalized spacial score (nSPS) is 12.2. The number of benzene rings is 2. The Kier molecular flexibility index (Phi) is 7.99. The van der Waals surface area contributed by atoms with Crippen LogP contribution < -0.4 is 15.0 Å². The van der Waals surface area contributed by atoms with E-state index in [0.717, 1.165) is 0 Å². The molecule has 2 aromatic heterocycles. The quantitative estimate of drug-likeness (QED) is 0.189. The number of nitrogens with zero attached hydrogens (tertiary/aromatic N) is 6. The van der Waals surface area contributed by atoms with Gasteiger partial charge < -0.3 is 14.6 Å². The number of carbonyl (C=O) groups excluding carboxylic acids is 1. The molecule has 0 aliphatic rings. The highest BCUT2D eigenvalue weighted by Gasteiger charge is 2.18. The first-order chi connectivity index (χ1) is 17.8. The third-order valence-electron chi connectivity index (χ3n) is 5.55. The van der Waals surface area contributed by atoms with Gasteiger partial charge in [-0.2, -0.15) is 9.78 Å². The summed E-state index contributed by atoms with van der Waals surface area (Å²) >= 11 is 1.24. The molecule has 0 aliphatic heterocycles. The van der Waals surface area contributed by atoms with Gasteiger partial charge in [0.1, 0.15) is 0 Å². The Labute approximate surface area is 216 Å². The summed E-state index contributed by atoms with van der Waals surface area (Å²) in [5.74, 6) is 1.33. The molecule has 0 bridgehead atoms. The van der Waals surface area contributed by atoms with Gasteiger partial charge in [-0.3, -0.25) is 14.2 Å². The van der Waals surface area contributed by atoms with Gasteiger partial charge in [0, 0.05) is 11.3 Å². The van der Waals surface area contributed by atoms with E-state index in [1.165, 1.54) is 54.7 Å². The lowest BCUT2D eigenvalue weighted by molar-refractivity contribution is 0.101. The number of Topliss-reactive ketones (excluding diaryl/α,β-unsaturated/α-hetero) is 1. The molecule has 11 nitrogen and oxygen atoms in total. The summed E-state index contributed by atoms with van der Waals surface area (Å²) in [6, 6.07) is 10.5. The second-order valence-corrected chi connectivity index (χ2v) is 9.08. The fourth-order valence-electron chi connectivity index (χ4n) is 3.78. The van der Waals surface area contributed by atoms with Gasteiger partial charge in [-0.05, 0) is 38.1 Å². The van der Waals surface area contributed by atoms with Gasteiger partial charge in [0.25, 0.3) is 5.56 Å². The second kappa shape index (κ2) is 11.4. The molecule has 1 atom stereocenters. The first-order valence-electron chi connectivity index (χ1n) is 11.3. The number of ketones is 1. The Morgan fingerprint density at radius 2 is 1.97 bits per heavy atom. The topological polar surface area (TPSA) is 134 Å². The van der Waals surface area contributed by atoms with Gasteiger partial charge in [0.15, 0.2) is 23.1 Å². The largest absolute Gasteiger partial charge is 0.493 e. The Morgan fingerprint density at radius 1 is 1.19 bits per heavy atom. The summed E-state index contributed by atoms with van der Waals surface area (Å²) in [4.78, 5) is 29.3. The smallest absolute Gasteiger partial charge is 0.261 e. The number of methoxy groups -OCH3 is 2. The maximum Gasteiger partial charge on any atom is 0.261 e. The first kappa shape index (κ1) is 26.0. The molecular formula is C25H26N6O5S. The maximum atomic E-state index is 12.7. The lowest BCUT2D eigenvalue weighted by Gasteiger charge is -2.13. The molecule has 12 heteroatoms. The predicted octanol–water partition coefficient (Wildman–Crippen LogP) is 2.55. The van der Waals surface area contributed by atoms with Crippen LogP contribution in [0, 0.1) is 6.92 Å². The molecular weight excluding hydrogens is 496 g/mol. The Balaban J connectivity index is 1.51. The number of hydrogen-bond donors (Lipinski definition) is 1. The van der Waals surface area contributed by atoms with Gasteiger partial charge in [-0.25, -0.2) is 4.98 Å². The third kappa shape index (κ3) is 5.54. The molecule has 0 saturated carbocycles. The molecule has 0 spiro atoms. The van der Waals surface area contributed by atoms with Gasteiger partial charge in [0.2, 0.25) is 5.16 Å². The van der Waals surface area contributed by atoms with Crippen molar-refractivity contribution >= 4 is 34.7 Å². The number of fused-ring (bicyclic) bond motifs is 1. The van der Waals surface area contributed by atoms with Gasteiger partial charge >= 0.3 is 0 Å². The van der Waals surface area contributed by atoms with E-state index >= 15 is 0 Å². The van der Waals surface area contributed by atoms with Crippen LogP contribution in [0.25, 0.3) is 10.9 Å². The van der Waals surface area contributed by atoms with Gasteiger partial charge in [-0.1, -0.05) is 23.9 Å². The van der Waals surface area contributed by atoms with E-state index in [4.69, 9.17) is 9.47 Å². The number of carbonyl (C=O) groups is 1. The molecule has 2 aromatic carbocycles. The lowest BCUT2D eigenvalue weighted by atomic mass is 10.0. The Bertz CT molecular complexity index is 1530. The van der Waals surface area contributed by atoms with Crippen LogP contribution in [0.3, 0.4) is 0 Å². The Morgan fingerprint density at radius 3 is 2.70 bits per heavy atom. The highest BCUT2D eigenvalue weighted by molar-refractivity contribution is 7.99. The fraction of sp³-hybridized carbons (Fsp3) is 0.280. The van der Waals surface area contributed by atoms with Crippen molar-refractivity contribution < 1.29 is 19.4 Å². The average molecular weight is 523 g/mol. The summed E-state index contributed by atoms with van der Waals surface area (Å²) in [6.07, 6.45) is 2.11. The third-order valence-corrected chi connectivity index (χ3v) is 6.62. The summed E-state index contributed by atoms with van der Waals surface area (Å²) in [5.41, 5.74) is 1.28. The van der Waals surface area contributed by atoms with E-state index in [2.05, 4.69) is 20.3 Å². The summed E-state index contributed by atoms with van der Waals surface area (Å²) in [6.45, 7) is 3.26. The molecule has 0 amide bonds. The number of thioether (sulfide) groups is 1. The molecule has 1 N–H and O–H groups in total. The average Bonchev–Trinajstić information content (AvgIpc) is 3.26. The van der Waals surface area contributed by atoms with Crippen LogP contribution in [0.4, 0.5) is 0 Å². The highest BCUT2D eigenvalue weighted by Crippen LogP contribution is 2.33. The zero-order valence-electron chi connectivity index (χ0n) is 20.8. The van der Waals surface area contributed by atoms with Crippen molar-refractivity contribution in [2.24, 2.45) is 5.10 Å². The first-order valence-corrected chi connectivity index (χ1v) is 12.3. The molecule has 37 heavy (non-hydrogen) atoms. The molecule has 0 aliphatic carbocycles. The van der Waals surface area contributed by atoms with Crippen molar-refractivity contribution in [3.8, 4) is 11.5 Å². The molecule has 0 radical (unpaired) electrons. The van der Waals surface area contributed by atoms with Crippen molar-refractivity contribution in [3.63, 3.8) is 0 Å². The number of aliphatic hydroxyl groups is 1. The molecule has 1 unspecified atom stereocenters. The fourth-order valence-corrected chi connectivity index (χ4v) is 4.63. The van der Waals surface area contributed by atoms with Crippen LogP contribution in [0.1, 0.15) is 28.7 Å². The van der Waals surface area contributed by atoms with E-state index in [0.29, 0.717) is 44.5 Å². The van der Waals surface area contributed by atoms with E-state index in [1.807, 2.05) is 6.07 Å². The molecule has 4 rings (SSSR count). The van der Waals surface area contributed by atoms with E-state index in [1.54, 1.807) is 37.3 Å². The molecule has 0 saturated heterocycles. The number of hydrogen-bond acceptors (Lipinski definition) is 10. The van der Waals surface area contributed by atoms with Crippen molar-refractivity contribution in [3.05, 3.63) is 70.0 Å². The number of ether oxygens (including phenoxy) is 2. The monoisotopic (exact) mass is 522 g/mol. The molecule has 192 valence electrons. The van der Waals surface area contributed by atoms with Crippen molar-refractivity contribution in [1.29, 1.82) is 0 Å². The number of aliphatic hydroxyl groups excluding tert-OH is 1.